The minimum Gasteiger partial charge on any atom is -0.444 e. The second-order valence-corrected chi connectivity index (χ2v) is 11.3. The number of carbonyl (C=O) groups is 2. The molecule has 0 aromatic carbocycles. The molecule has 2 aliphatic heterocycles. The Morgan fingerprint density at radius 1 is 1.28 bits per heavy atom. The second-order valence-electron chi connectivity index (χ2n) is 10.4. The summed E-state index contributed by atoms with van der Waals surface area (Å²) in [5.41, 5.74) is 1.03. The summed E-state index contributed by atoms with van der Waals surface area (Å²) in [6.07, 6.45) is 1.45. The molecular formula is C23H35BrN4O4. The van der Waals surface area contributed by atoms with E-state index >= 15 is 0 Å². The minimum atomic E-state index is -0.557. The van der Waals surface area contributed by atoms with Crippen LogP contribution in [0.5, 0.6) is 0 Å². The molecule has 32 heavy (non-hydrogen) atoms. The second kappa shape index (κ2) is 9.27. The summed E-state index contributed by atoms with van der Waals surface area (Å²) in [4.78, 5) is 36.4. The zero-order valence-electron chi connectivity index (χ0n) is 20.1. The third-order valence-electron chi connectivity index (χ3n) is 5.90. The summed E-state index contributed by atoms with van der Waals surface area (Å²) in [6.45, 7) is 14.1. The number of nitrogens with zero attached hydrogens (tertiary/aromatic N) is 4. The van der Waals surface area contributed by atoms with Gasteiger partial charge in [0.2, 0.25) is 5.91 Å². The van der Waals surface area contributed by atoms with Crippen molar-refractivity contribution in [3.05, 3.63) is 22.4 Å². The van der Waals surface area contributed by atoms with E-state index in [9.17, 15) is 9.59 Å². The van der Waals surface area contributed by atoms with Crippen molar-refractivity contribution < 1.29 is 19.1 Å². The van der Waals surface area contributed by atoms with Crippen LogP contribution in [0, 0.1) is 0 Å². The van der Waals surface area contributed by atoms with E-state index in [1.54, 1.807) is 18.2 Å². The van der Waals surface area contributed by atoms with Crippen LogP contribution in [0.25, 0.3) is 0 Å². The number of rotatable bonds is 4. The van der Waals surface area contributed by atoms with Crippen molar-refractivity contribution in [3.63, 3.8) is 0 Å². The molecule has 0 aliphatic carbocycles. The van der Waals surface area contributed by atoms with E-state index in [2.05, 4.69) is 39.7 Å². The van der Waals surface area contributed by atoms with Gasteiger partial charge in [0, 0.05) is 48.9 Å². The molecule has 0 radical (unpaired) electrons. The molecule has 2 atom stereocenters. The Balaban J connectivity index is 1.75. The average molecular weight is 511 g/mol. The van der Waals surface area contributed by atoms with Crippen LogP contribution in [0.3, 0.4) is 0 Å². The third kappa shape index (κ3) is 5.43. The lowest BCUT2D eigenvalue weighted by atomic mass is 9.91. The fraction of sp³-hybridized carbons (Fsp3) is 0.696. The van der Waals surface area contributed by atoms with E-state index in [4.69, 9.17) is 9.47 Å². The minimum absolute atomic E-state index is 0.0238. The highest BCUT2D eigenvalue weighted by molar-refractivity contribution is 9.10. The molecule has 3 heterocycles. The van der Waals surface area contributed by atoms with E-state index in [0.717, 1.165) is 15.9 Å². The molecule has 2 aliphatic rings. The van der Waals surface area contributed by atoms with Gasteiger partial charge in [-0.15, -0.1) is 0 Å². The number of ether oxygens (including phenoxy) is 2. The van der Waals surface area contributed by atoms with Gasteiger partial charge in [0.1, 0.15) is 5.60 Å². The monoisotopic (exact) mass is 510 g/mol. The zero-order valence-corrected chi connectivity index (χ0v) is 21.7. The van der Waals surface area contributed by atoms with Crippen molar-refractivity contribution in [3.8, 4) is 0 Å². The van der Waals surface area contributed by atoms with E-state index < -0.39 is 5.60 Å². The predicted molar refractivity (Wildman–Crippen MR) is 127 cm³/mol. The molecule has 2 amide bonds. The van der Waals surface area contributed by atoms with Crippen LogP contribution in [0.4, 0.5) is 10.5 Å². The molecule has 8 nitrogen and oxygen atoms in total. The van der Waals surface area contributed by atoms with Crippen LogP contribution in [0.15, 0.2) is 16.7 Å². The van der Waals surface area contributed by atoms with Gasteiger partial charge in [0.05, 0.1) is 30.6 Å². The molecule has 0 spiro atoms. The molecule has 0 bridgehead atoms. The average Bonchev–Trinajstić information content (AvgIpc) is 2.92. The molecule has 1 aromatic heterocycles. The van der Waals surface area contributed by atoms with Gasteiger partial charge in [0.15, 0.2) is 0 Å². The van der Waals surface area contributed by atoms with Crippen molar-refractivity contribution in [1.82, 2.24) is 14.8 Å². The number of pyridine rings is 1. The maximum absolute atomic E-state index is 13.4. The van der Waals surface area contributed by atoms with Crippen molar-refractivity contribution >= 4 is 33.6 Å². The van der Waals surface area contributed by atoms with Crippen molar-refractivity contribution in [2.24, 2.45) is 0 Å². The Bertz CT molecular complexity index is 870. The lowest BCUT2D eigenvalue weighted by molar-refractivity contribution is -0.121. The number of halogens is 1. The van der Waals surface area contributed by atoms with Crippen LogP contribution in [0.2, 0.25) is 0 Å². The normalized spacial score (nSPS) is 23.2. The van der Waals surface area contributed by atoms with Crippen LogP contribution in [0.1, 0.15) is 47.2 Å². The summed E-state index contributed by atoms with van der Waals surface area (Å²) in [5.74, 6) is 0.0238. The Morgan fingerprint density at radius 3 is 2.59 bits per heavy atom. The quantitative estimate of drug-likeness (QED) is 0.617. The fourth-order valence-electron chi connectivity index (χ4n) is 4.42. The van der Waals surface area contributed by atoms with Gasteiger partial charge >= 0.3 is 6.09 Å². The number of fused-ring (bicyclic) bond motifs is 1. The van der Waals surface area contributed by atoms with Gasteiger partial charge in [0.25, 0.3) is 0 Å². The molecular weight excluding hydrogens is 476 g/mol. The van der Waals surface area contributed by atoms with Crippen molar-refractivity contribution in [2.45, 2.75) is 64.6 Å². The molecule has 1 fully saturated rings. The molecule has 9 heteroatoms. The standard InChI is InChI=1S/C23H35BrN4O4/c1-15-10-26(17(13-31-7)11-27(15)21(30)32-22(2,3)4)12-19(29)28-14-23(5,6)20-18(28)8-16(24)9-25-20/h8-9,15,17H,10-14H2,1-7H3/t15-,17-/m1/s1. The lowest BCUT2D eigenvalue weighted by Crippen LogP contribution is -2.62. The topological polar surface area (TPSA) is 75.2 Å². The van der Waals surface area contributed by atoms with E-state index in [1.165, 1.54) is 0 Å². The van der Waals surface area contributed by atoms with Crippen LogP contribution >= 0.6 is 15.9 Å². The van der Waals surface area contributed by atoms with Gasteiger partial charge in [-0.3, -0.25) is 14.7 Å². The van der Waals surface area contributed by atoms with Crippen LogP contribution in [-0.2, 0) is 19.7 Å². The fourth-order valence-corrected chi connectivity index (χ4v) is 4.74. The summed E-state index contributed by atoms with van der Waals surface area (Å²) in [6, 6.07) is 1.79. The number of methoxy groups -OCH3 is 1. The van der Waals surface area contributed by atoms with Crippen LogP contribution in [-0.4, -0.2) is 84.4 Å². The van der Waals surface area contributed by atoms with Gasteiger partial charge in [-0.05, 0) is 49.7 Å². The summed E-state index contributed by atoms with van der Waals surface area (Å²) >= 11 is 3.48. The first-order chi connectivity index (χ1) is 14.8. The molecule has 0 unspecified atom stereocenters. The number of hydrogen-bond acceptors (Lipinski definition) is 6. The summed E-state index contributed by atoms with van der Waals surface area (Å²) in [7, 11) is 1.64. The number of piperazine rings is 1. The third-order valence-corrected chi connectivity index (χ3v) is 6.33. The molecule has 1 saturated heterocycles. The molecule has 3 rings (SSSR count). The Labute approximate surface area is 199 Å². The van der Waals surface area contributed by atoms with E-state index in [-0.39, 0.29) is 36.0 Å². The Morgan fingerprint density at radius 2 is 1.97 bits per heavy atom. The number of amides is 2. The smallest absolute Gasteiger partial charge is 0.410 e. The maximum atomic E-state index is 13.4. The predicted octanol–water partition coefficient (Wildman–Crippen LogP) is 3.42. The summed E-state index contributed by atoms with van der Waals surface area (Å²) < 4.78 is 11.9. The van der Waals surface area contributed by atoms with Crippen molar-refractivity contribution in [2.75, 3.05) is 44.8 Å². The molecule has 1 aromatic rings. The number of carbonyl (C=O) groups excluding carboxylic acids is 2. The van der Waals surface area contributed by atoms with Gasteiger partial charge in [-0.25, -0.2) is 4.79 Å². The van der Waals surface area contributed by atoms with Gasteiger partial charge in [-0.2, -0.15) is 0 Å². The first-order valence-electron chi connectivity index (χ1n) is 11.0. The van der Waals surface area contributed by atoms with Gasteiger partial charge in [-0.1, -0.05) is 13.8 Å². The maximum Gasteiger partial charge on any atom is 0.410 e. The Hall–Kier alpha value is -1.71. The number of hydrogen-bond donors (Lipinski definition) is 0. The highest BCUT2D eigenvalue weighted by Gasteiger charge is 2.42. The first-order valence-corrected chi connectivity index (χ1v) is 11.8. The number of anilines is 1. The number of aromatic nitrogens is 1. The molecule has 178 valence electrons. The van der Waals surface area contributed by atoms with Crippen LogP contribution < -0.4 is 4.90 Å². The molecule has 0 saturated carbocycles. The van der Waals surface area contributed by atoms with E-state index in [0.29, 0.717) is 26.2 Å². The lowest BCUT2D eigenvalue weighted by Gasteiger charge is -2.45. The largest absolute Gasteiger partial charge is 0.444 e. The molecule has 0 N–H and O–H groups in total. The van der Waals surface area contributed by atoms with Crippen molar-refractivity contribution in [1.29, 1.82) is 0 Å². The zero-order chi connectivity index (χ0) is 23.8. The highest BCUT2D eigenvalue weighted by atomic mass is 79.9. The SMILES string of the molecule is COC[C@H]1CN(C(=O)OC(C)(C)C)[C@H](C)CN1CC(=O)N1CC(C)(C)c2ncc(Br)cc21. The summed E-state index contributed by atoms with van der Waals surface area (Å²) in [5, 5.41) is 0. The van der Waals surface area contributed by atoms with Gasteiger partial charge < -0.3 is 19.3 Å². The Kier molecular flexibility index (Phi) is 7.22. The first kappa shape index (κ1) is 24.9. The highest BCUT2D eigenvalue weighted by Crippen LogP contribution is 2.40. The van der Waals surface area contributed by atoms with E-state index in [1.807, 2.05) is 38.7 Å².